The molecule has 1 aliphatic carbocycles. The van der Waals surface area contributed by atoms with Gasteiger partial charge in [-0.1, -0.05) is 0 Å². The van der Waals surface area contributed by atoms with Crippen LogP contribution in [0.3, 0.4) is 0 Å². The van der Waals surface area contributed by atoms with Crippen LogP contribution in [0.15, 0.2) is 18.7 Å². The van der Waals surface area contributed by atoms with Gasteiger partial charge in [-0.25, -0.2) is 4.98 Å². The highest BCUT2D eigenvalue weighted by Gasteiger charge is 2.29. The van der Waals surface area contributed by atoms with E-state index in [1.54, 1.807) is 6.33 Å². The fourth-order valence-corrected chi connectivity index (χ4v) is 3.89. The lowest BCUT2D eigenvalue weighted by Gasteiger charge is -2.31. The van der Waals surface area contributed by atoms with E-state index in [-0.39, 0.29) is 11.8 Å². The maximum absolute atomic E-state index is 12.6. The quantitative estimate of drug-likeness (QED) is 0.929. The van der Waals surface area contributed by atoms with Crippen LogP contribution in [-0.2, 0) is 17.8 Å². The molecule has 2 aliphatic rings. The highest BCUT2D eigenvalue weighted by atomic mass is 16.1. The highest BCUT2D eigenvalue weighted by molar-refractivity contribution is 5.79. The minimum absolute atomic E-state index is 0.0354. The average Bonchev–Trinajstić information content (AvgIpc) is 3.23. The van der Waals surface area contributed by atoms with Crippen molar-refractivity contribution in [3.63, 3.8) is 0 Å². The molecule has 7 nitrogen and oxygen atoms in total. The van der Waals surface area contributed by atoms with Crippen LogP contribution < -0.4 is 5.32 Å². The molecule has 3 heterocycles. The summed E-state index contributed by atoms with van der Waals surface area (Å²) in [6.07, 6.45) is 11.4. The van der Waals surface area contributed by atoms with Gasteiger partial charge in [0.1, 0.15) is 12.2 Å². The van der Waals surface area contributed by atoms with E-state index in [0.717, 1.165) is 44.5 Å². The summed E-state index contributed by atoms with van der Waals surface area (Å²) < 4.78 is 3.99. The third-order valence-corrected chi connectivity index (χ3v) is 5.33. The highest BCUT2D eigenvalue weighted by Crippen LogP contribution is 2.28. The van der Waals surface area contributed by atoms with Gasteiger partial charge in [-0.2, -0.15) is 10.2 Å². The summed E-state index contributed by atoms with van der Waals surface area (Å²) in [5, 5.41) is 11.9. The minimum Gasteiger partial charge on any atom is -0.353 e. The summed E-state index contributed by atoms with van der Waals surface area (Å²) in [5.41, 5.74) is 1.20. The predicted molar refractivity (Wildman–Crippen MR) is 88.2 cm³/mol. The Kier molecular flexibility index (Phi) is 4.08. The third-order valence-electron chi connectivity index (χ3n) is 5.33. The maximum Gasteiger partial charge on any atom is 0.223 e. The number of aromatic nitrogens is 5. The van der Waals surface area contributed by atoms with Gasteiger partial charge in [0.25, 0.3) is 0 Å². The van der Waals surface area contributed by atoms with Crippen molar-refractivity contribution in [1.29, 1.82) is 0 Å². The van der Waals surface area contributed by atoms with Crippen LogP contribution in [0, 0.1) is 12.8 Å². The van der Waals surface area contributed by atoms with Gasteiger partial charge in [0.05, 0.1) is 12.2 Å². The van der Waals surface area contributed by atoms with E-state index in [0.29, 0.717) is 18.5 Å². The van der Waals surface area contributed by atoms with E-state index < -0.39 is 0 Å². The second-order valence-electron chi connectivity index (χ2n) is 7.10. The van der Waals surface area contributed by atoms with Crippen molar-refractivity contribution in [2.45, 2.75) is 64.1 Å². The fraction of sp³-hybridized carbons (Fsp3) is 0.647. The molecular formula is C17H24N6O. The lowest BCUT2D eigenvalue weighted by atomic mass is 9.90. The zero-order valence-electron chi connectivity index (χ0n) is 14.1. The largest absolute Gasteiger partial charge is 0.353 e. The van der Waals surface area contributed by atoms with E-state index >= 15 is 0 Å². The monoisotopic (exact) mass is 328 g/mol. The van der Waals surface area contributed by atoms with Gasteiger partial charge in [0.2, 0.25) is 5.91 Å². The third kappa shape index (κ3) is 3.07. The van der Waals surface area contributed by atoms with Gasteiger partial charge < -0.3 is 5.32 Å². The first kappa shape index (κ1) is 15.4. The molecule has 4 rings (SSSR count). The van der Waals surface area contributed by atoms with Gasteiger partial charge in [0, 0.05) is 31.1 Å². The number of hydrogen-bond acceptors (Lipinski definition) is 4. The molecule has 1 unspecified atom stereocenters. The zero-order chi connectivity index (χ0) is 16.5. The Labute approximate surface area is 141 Å². The Morgan fingerprint density at radius 1 is 1.21 bits per heavy atom. The van der Waals surface area contributed by atoms with Crippen molar-refractivity contribution in [1.82, 2.24) is 29.9 Å². The van der Waals surface area contributed by atoms with Crippen LogP contribution in [0.5, 0.6) is 0 Å². The maximum atomic E-state index is 12.6. The predicted octanol–water partition coefficient (Wildman–Crippen LogP) is 1.65. The molecule has 128 valence electrons. The zero-order valence-corrected chi connectivity index (χ0v) is 14.1. The molecule has 0 saturated heterocycles. The van der Waals surface area contributed by atoms with Crippen molar-refractivity contribution >= 4 is 5.91 Å². The second-order valence-corrected chi connectivity index (χ2v) is 7.10. The van der Waals surface area contributed by atoms with Gasteiger partial charge >= 0.3 is 0 Å². The Balaban J connectivity index is 1.29. The van der Waals surface area contributed by atoms with E-state index in [1.807, 2.05) is 10.9 Å². The second kappa shape index (κ2) is 6.37. The Bertz CT molecular complexity index is 712. The van der Waals surface area contributed by atoms with Crippen LogP contribution in [0.4, 0.5) is 0 Å². The molecule has 1 fully saturated rings. The lowest BCUT2D eigenvalue weighted by molar-refractivity contribution is -0.126. The number of rotatable bonds is 3. The number of amides is 1. The molecule has 7 heteroatoms. The Morgan fingerprint density at radius 3 is 2.79 bits per heavy atom. The summed E-state index contributed by atoms with van der Waals surface area (Å²) in [7, 11) is 0. The van der Waals surface area contributed by atoms with Crippen LogP contribution >= 0.6 is 0 Å². The first-order valence-electron chi connectivity index (χ1n) is 8.87. The number of aryl methyl sites for hydroxylation is 2. The molecular weight excluding hydrogens is 304 g/mol. The summed E-state index contributed by atoms with van der Waals surface area (Å²) in [6.45, 7) is 2.86. The van der Waals surface area contributed by atoms with Crippen LogP contribution in [0.2, 0.25) is 0 Å². The van der Waals surface area contributed by atoms with Crippen LogP contribution in [0.1, 0.15) is 49.5 Å². The van der Waals surface area contributed by atoms with Crippen LogP contribution in [-0.4, -0.2) is 36.5 Å². The standard InChI is InChI=1S/C17H24N6O/c1-12-9-19-23(10-12)15-4-2-14(3-5-15)21-17(24)13-6-7-22-16(8-13)18-11-20-22/h9-11,13-15H,2-8H2,1H3,(H,21,24). The molecule has 0 bridgehead atoms. The molecule has 0 aromatic carbocycles. The molecule has 24 heavy (non-hydrogen) atoms. The first-order chi connectivity index (χ1) is 11.7. The van der Waals surface area contributed by atoms with Gasteiger partial charge in [-0.05, 0) is 44.6 Å². The molecule has 2 aromatic rings. The SMILES string of the molecule is Cc1cnn(C2CCC(NC(=O)C3CCn4ncnc4C3)CC2)c1. The smallest absolute Gasteiger partial charge is 0.223 e. The van der Waals surface area contributed by atoms with Crippen molar-refractivity contribution in [2.24, 2.45) is 5.92 Å². The summed E-state index contributed by atoms with van der Waals surface area (Å²) in [4.78, 5) is 16.8. The molecule has 0 radical (unpaired) electrons. The van der Waals surface area contributed by atoms with E-state index in [4.69, 9.17) is 0 Å². The number of nitrogens with one attached hydrogen (secondary N) is 1. The normalized spacial score (nSPS) is 26.8. The number of nitrogens with zero attached hydrogens (tertiary/aromatic N) is 5. The molecule has 2 aromatic heterocycles. The fourth-order valence-electron chi connectivity index (χ4n) is 3.89. The molecule has 1 aliphatic heterocycles. The summed E-state index contributed by atoms with van der Waals surface area (Å²) in [6, 6.07) is 0.769. The van der Waals surface area contributed by atoms with E-state index in [1.165, 1.54) is 5.56 Å². The topological polar surface area (TPSA) is 77.6 Å². The van der Waals surface area contributed by atoms with Gasteiger partial charge in [-0.3, -0.25) is 14.2 Å². The molecule has 0 spiro atoms. The number of hydrogen-bond donors (Lipinski definition) is 1. The van der Waals surface area contributed by atoms with E-state index in [2.05, 4.69) is 38.3 Å². The van der Waals surface area contributed by atoms with Crippen molar-refractivity contribution < 1.29 is 4.79 Å². The molecule has 1 N–H and O–H groups in total. The summed E-state index contributed by atoms with van der Waals surface area (Å²) >= 11 is 0. The first-order valence-corrected chi connectivity index (χ1v) is 8.87. The lowest BCUT2D eigenvalue weighted by Crippen LogP contribution is -2.43. The van der Waals surface area contributed by atoms with Crippen LogP contribution in [0.25, 0.3) is 0 Å². The Hall–Kier alpha value is -2.18. The van der Waals surface area contributed by atoms with Crippen molar-refractivity contribution in [3.05, 3.63) is 30.1 Å². The van der Waals surface area contributed by atoms with Gasteiger partial charge in [-0.15, -0.1) is 0 Å². The van der Waals surface area contributed by atoms with Gasteiger partial charge in [0.15, 0.2) is 0 Å². The number of carbonyl (C=O) groups excluding carboxylic acids is 1. The Morgan fingerprint density at radius 2 is 2.04 bits per heavy atom. The molecule has 1 saturated carbocycles. The van der Waals surface area contributed by atoms with E-state index in [9.17, 15) is 4.79 Å². The van der Waals surface area contributed by atoms with Crippen molar-refractivity contribution in [3.8, 4) is 0 Å². The number of carbonyl (C=O) groups is 1. The minimum atomic E-state index is 0.0354. The molecule has 1 atom stereocenters. The van der Waals surface area contributed by atoms with Crippen molar-refractivity contribution in [2.75, 3.05) is 0 Å². The summed E-state index contributed by atoms with van der Waals surface area (Å²) in [5.74, 6) is 1.15. The average molecular weight is 328 g/mol. The number of fused-ring (bicyclic) bond motifs is 1. The molecule has 1 amide bonds.